The summed E-state index contributed by atoms with van der Waals surface area (Å²) in [5.74, 6) is 0.0208. The summed E-state index contributed by atoms with van der Waals surface area (Å²) >= 11 is 0. The largest absolute Gasteiger partial charge is 0.353 e. The Morgan fingerprint density at radius 1 is 1.36 bits per heavy atom. The van der Waals surface area contributed by atoms with E-state index in [1.807, 2.05) is 18.2 Å². The summed E-state index contributed by atoms with van der Waals surface area (Å²) in [7, 11) is 1.66. The maximum Gasteiger partial charge on any atom is 0.266 e. The minimum Gasteiger partial charge on any atom is -0.353 e. The molecule has 0 saturated carbocycles. The van der Waals surface area contributed by atoms with Crippen molar-refractivity contribution in [2.24, 2.45) is 13.0 Å². The van der Waals surface area contributed by atoms with Crippen molar-refractivity contribution in [1.29, 1.82) is 0 Å². The second kappa shape index (κ2) is 7.64. The SMILES string of the molecule is CC(CCc1ccccc1)NC(=O)C1CCc2nn(C)c(=O)cc2C1. The van der Waals surface area contributed by atoms with Gasteiger partial charge in [0.25, 0.3) is 5.56 Å². The highest BCUT2D eigenvalue weighted by atomic mass is 16.2. The molecule has 1 aliphatic carbocycles. The smallest absolute Gasteiger partial charge is 0.266 e. The summed E-state index contributed by atoms with van der Waals surface area (Å²) in [5.41, 5.74) is 3.04. The van der Waals surface area contributed by atoms with Gasteiger partial charge in [-0.3, -0.25) is 9.59 Å². The molecule has 0 saturated heterocycles. The average molecular weight is 339 g/mol. The van der Waals surface area contributed by atoms with Gasteiger partial charge in [-0.25, -0.2) is 4.68 Å². The topological polar surface area (TPSA) is 64.0 Å². The summed E-state index contributed by atoms with van der Waals surface area (Å²) in [4.78, 5) is 24.3. The molecule has 5 heteroatoms. The molecule has 1 heterocycles. The van der Waals surface area contributed by atoms with Crippen LogP contribution in [0.25, 0.3) is 0 Å². The van der Waals surface area contributed by atoms with Crippen LogP contribution in [0, 0.1) is 5.92 Å². The van der Waals surface area contributed by atoms with Crippen LogP contribution < -0.4 is 10.9 Å². The third-order valence-corrected chi connectivity index (χ3v) is 4.92. The van der Waals surface area contributed by atoms with Crippen LogP contribution in [0.4, 0.5) is 0 Å². The molecule has 0 radical (unpaired) electrons. The Morgan fingerprint density at radius 2 is 2.12 bits per heavy atom. The van der Waals surface area contributed by atoms with Gasteiger partial charge in [-0.05, 0) is 50.2 Å². The molecule has 1 aliphatic rings. The summed E-state index contributed by atoms with van der Waals surface area (Å²) in [6.45, 7) is 2.05. The van der Waals surface area contributed by atoms with Gasteiger partial charge in [0.1, 0.15) is 0 Å². The number of hydrogen-bond acceptors (Lipinski definition) is 3. The van der Waals surface area contributed by atoms with E-state index < -0.39 is 0 Å². The fraction of sp³-hybridized carbons (Fsp3) is 0.450. The van der Waals surface area contributed by atoms with E-state index in [2.05, 4.69) is 29.5 Å². The lowest BCUT2D eigenvalue weighted by atomic mass is 9.86. The first-order valence-corrected chi connectivity index (χ1v) is 8.93. The number of fused-ring (bicyclic) bond motifs is 1. The van der Waals surface area contributed by atoms with Crippen LogP contribution in [0.1, 0.15) is 36.6 Å². The van der Waals surface area contributed by atoms with Crippen molar-refractivity contribution >= 4 is 5.91 Å². The summed E-state index contributed by atoms with van der Waals surface area (Å²) in [5, 5.41) is 7.44. The zero-order chi connectivity index (χ0) is 17.8. The molecule has 1 amide bonds. The second-order valence-electron chi connectivity index (χ2n) is 6.95. The van der Waals surface area contributed by atoms with Crippen LogP contribution in [0.15, 0.2) is 41.2 Å². The number of nitrogens with zero attached hydrogens (tertiary/aromatic N) is 2. The van der Waals surface area contributed by atoms with E-state index in [0.29, 0.717) is 6.42 Å². The van der Waals surface area contributed by atoms with Crippen molar-refractivity contribution in [2.75, 3.05) is 0 Å². The Balaban J connectivity index is 1.54. The second-order valence-corrected chi connectivity index (χ2v) is 6.95. The van der Waals surface area contributed by atoms with E-state index in [4.69, 9.17) is 0 Å². The van der Waals surface area contributed by atoms with Gasteiger partial charge in [0.05, 0.1) is 5.69 Å². The fourth-order valence-corrected chi connectivity index (χ4v) is 3.37. The van der Waals surface area contributed by atoms with E-state index in [0.717, 1.165) is 36.9 Å². The molecular weight excluding hydrogens is 314 g/mol. The molecule has 2 aromatic rings. The number of hydrogen-bond donors (Lipinski definition) is 1. The zero-order valence-electron chi connectivity index (χ0n) is 14.9. The Bertz CT molecular complexity index is 798. The van der Waals surface area contributed by atoms with Gasteiger partial charge in [0.15, 0.2) is 0 Å². The highest BCUT2D eigenvalue weighted by Gasteiger charge is 2.26. The van der Waals surface area contributed by atoms with Crippen molar-refractivity contribution in [3.63, 3.8) is 0 Å². The van der Waals surface area contributed by atoms with E-state index in [1.54, 1.807) is 13.1 Å². The molecule has 1 aromatic carbocycles. The van der Waals surface area contributed by atoms with E-state index >= 15 is 0 Å². The highest BCUT2D eigenvalue weighted by molar-refractivity contribution is 5.79. The molecule has 0 fully saturated rings. The molecule has 25 heavy (non-hydrogen) atoms. The monoisotopic (exact) mass is 339 g/mol. The number of nitrogens with one attached hydrogen (secondary N) is 1. The first-order valence-electron chi connectivity index (χ1n) is 8.93. The number of benzene rings is 1. The predicted molar refractivity (Wildman–Crippen MR) is 97.4 cm³/mol. The molecule has 0 aliphatic heterocycles. The Morgan fingerprint density at radius 3 is 2.88 bits per heavy atom. The zero-order valence-corrected chi connectivity index (χ0v) is 14.9. The van der Waals surface area contributed by atoms with Gasteiger partial charge < -0.3 is 5.32 Å². The fourth-order valence-electron chi connectivity index (χ4n) is 3.37. The Labute approximate surface area is 148 Å². The van der Waals surface area contributed by atoms with E-state index in [9.17, 15) is 9.59 Å². The van der Waals surface area contributed by atoms with Crippen LogP contribution in [0.2, 0.25) is 0 Å². The van der Waals surface area contributed by atoms with Crippen LogP contribution in [-0.4, -0.2) is 21.7 Å². The summed E-state index contributed by atoms with van der Waals surface area (Å²) < 4.78 is 1.37. The summed E-state index contributed by atoms with van der Waals surface area (Å²) in [6, 6.07) is 12.1. The van der Waals surface area contributed by atoms with Crippen LogP contribution in [0.5, 0.6) is 0 Å². The average Bonchev–Trinajstić information content (AvgIpc) is 2.61. The molecule has 2 atom stereocenters. The first kappa shape index (κ1) is 17.4. The van der Waals surface area contributed by atoms with Gasteiger partial charge in [-0.2, -0.15) is 5.10 Å². The minimum atomic E-state index is -0.115. The summed E-state index contributed by atoms with van der Waals surface area (Å²) in [6.07, 6.45) is 4.02. The maximum atomic E-state index is 12.6. The van der Waals surface area contributed by atoms with Gasteiger partial charge >= 0.3 is 0 Å². The third kappa shape index (κ3) is 4.35. The quantitative estimate of drug-likeness (QED) is 0.906. The van der Waals surface area contributed by atoms with Gasteiger partial charge in [0.2, 0.25) is 5.91 Å². The van der Waals surface area contributed by atoms with Crippen molar-refractivity contribution in [2.45, 2.75) is 45.1 Å². The number of rotatable bonds is 5. The molecule has 0 spiro atoms. The Kier molecular flexibility index (Phi) is 5.31. The highest BCUT2D eigenvalue weighted by Crippen LogP contribution is 2.23. The number of carbonyl (C=O) groups is 1. The maximum absolute atomic E-state index is 12.6. The number of carbonyl (C=O) groups excluding carboxylic acids is 1. The van der Waals surface area contributed by atoms with Crippen LogP contribution >= 0.6 is 0 Å². The molecule has 1 N–H and O–H groups in total. The van der Waals surface area contributed by atoms with Crippen LogP contribution in [0.3, 0.4) is 0 Å². The standard InChI is InChI=1S/C20H25N3O2/c1-14(8-9-15-6-4-3-5-7-15)21-20(25)16-10-11-18-17(12-16)13-19(24)23(2)22-18/h3-7,13-14,16H,8-12H2,1-2H3,(H,21,25). The number of amides is 1. The van der Waals surface area contributed by atoms with Gasteiger partial charge in [-0.1, -0.05) is 30.3 Å². The van der Waals surface area contributed by atoms with E-state index in [-0.39, 0.29) is 23.4 Å². The molecule has 1 aromatic heterocycles. The van der Waals surface area contributed by atoms with Crippen molar-refractivity contribution in [3.05, 3.63) is 63.6 Å². The lowest BCUT2D eigenvalue weighted by Gasteiger charge is -2.25. The van der Waals surface area contributed by atoms with Crippen molar-refractivity contribution in [3.8, 4) is 0 Å². The first-order chi connectivity index (χ1) is 12.0. The van der Waals surface area contributed by atoms with Crippen molar-refractivity contribution < 1.29 is 4.79 Å². The van der Waals surface area contributed by atoms with Gasteiger partial charge in [0, 0.05) is 25.1 Å². The lowest BCUT2D eigenvalue weighted by molar-refractivity contribution is -0.126. The molecule has 2 unspecified atom stereocenters. The lowest BCUT2D eigenvalue weighted by Crippen LogP contribution is -2.40. The van der Waals surface area contributed by atoms with Gasteiger partial charge in [-0.15, -0.1) is 0 Å². The van der Waals surface area contributed by atoms with Crippen LogP contribution in [-0.2, 0) is 31.1 Å². The molecule has 132 valence electrons. The predicted octanol–water partition coefficient (Wildman–Crippen LogP) is 2.02. The molecule has 0 bridgehead atoms. The molecule has 5 nitrogen and oxygen atoms in total. The number of aryl methyl sites for hydroxylation is 3. The minimum absolute atomic E-state index is 0.0689. The normalized spacial score (nSPS) is 17.6. The molecule has 3 rings (SSSR count). The third-order valence-electron chi connectivity index (χ3n) is 4.92. The Hall–Kier alpha value is -2.43. The molecular formula is C20H25N3O2. The van der Waals surface area contributed by atoms with E-state index in [1.165, 1.54) is 10.2 Å². The number of aromatic nitrogens is 2. The van der Waals surface area contributed by atoms with Crippen molar-refractivity contribution in [1.82, 2.24) is 15.1 Å².